The van der Waals surface area contributed by atoms with Gasteiger partial charge in [-0.3, -0.25) is 15.0 Å². The SMILES string of the molecule is O=C(CSc1nc(C2NOC(=O)N2)cs1)NC[C@H]1CN(Cc2ccc(Cl)c(Cl)c2)CCO1. The molecule has 0 aliphatic carbocycles. The van der Waals surface area contributed by atoms with Crippen molar-refractivity contribution in [3.8, 4) is 0 Å². The molecule has 9 nitrogen and oxygen atoms in total. The lowest BCUT2D eigenvalue weighted by Gasteiger charge is -2.33. The minimum Gasteiger partial charge on any atom is -0.374 e. The number of thiazole rings is 1. The first kappa shape index (κ1) is 23.6. The van der Waals surface area contributed by atoms with Crippen LogP contribution in [-0.4, -0.2) is 60.0 Å². The van der Waals surface area contributed by atoms with Gasteiger partial charge in [0.2, 0.25) is 5.91 Å². The molecular formula is C19H21Cl2N5O4S2. The zero-order valence-corrected chi connectivity index (χ0v) is 20.0. The van der Waals surface area contributed by atoms with Gasteiger partial charge in [0.15, 0.2) is 10.5 Å². The molecule has 2 aliphatic heterocycles. The summed E-state index contributed by atoms with van der Waals surface area (Å²) in [4.78, 5) is 34.7. The average Bonchev–Trinajstić information content (AvgIpc) is 3.42. The van der Waals surface area contributed by atoms with Gasteiger partial charge in [0.05, 0.1) is 34.2 Å². The van der Waals surface area contributed by atoms with Crippen molar-refractivity contribution >= 4 is 58.3 Å². The van der Waals surface area contributed by atoms with E-state index in [1.54, 1.807) is 6.07 Å². The van der Waals surface area contributed by atoms with Crippen molar-refractivity contribution in [3.05, 3.63) is 44.9 Å². The molecule has 1 aromatic carbocycles. The van der Waals surface area contributed by atoms with E-state index in [4.69, 9.17) is 27.9 Å². The first-order valence-corrected chi connectivity index (χ1v) is 12.4. The zero-order chi connectivity index (χ0) is 22.5. The fourth-order valence-corrected chi connectivity index (χ4v) is 5.25. The lowest BCUT2D eigenvalue weighted by atomic mass is 10.2. The van der Waals surface area contributed by atoms with Crippen molar-refractivity contribution < 1.29 is 19.2 Å². The Morgan fingerprint density at radius 1 is 1.38 bits per heavy atom. The maximum Gasteiger partial charge on any atom is 0.427 e. The van der Waals surface area contributed by atoms with Crippen molar-refractivity contribution in [1.82, 2.24) is 26.0 Å². The Bertz CT molecular complexity index is 979. The van der Waals surface area contributed by atoms with Crippen LogP contribution < -0.4 is 16.1 Å². The molecule has 0 bridgehead atoms. The van der Waals surface area contributed by atoms with Gasteiger partial charge in [0.25, 0.3) is 0 Å². The molecule has 2 fully saturated rings. The molecule has 4 rings (SSSR count). The van der Waals surface area contributed by atoms with E-state index < -0.39 is 12.3 Å². The van der Waals surface area contributed by atoms with Crippen LogP contribution in [0.5, 0.6) is 0 Å². The van der Waals surface area contributed by atoms with Crippen LogP contribution in [0.25, 0.3) is 0 Å². The Morgan fingerprint density at radius 3 is 3.03 bits per heavy atom. The standard InChI is InChI=1S/C19H21Cl2N5O4S2/c20-13-2-1-11(5-14(13)21)7-26-3-4-29-12(8-26)6-22-16(27)10-32-19-23-15(9-31-19)17-24-18(28)30-25-17/h1-2,5,9,12,17,25H,3-4,6-8,10H2,(H,22,27)(H,24,28)/t12-,17?/m0/s1. The number of rotatable bonds is 8. The molecule has 13 heteroatoms. The molecule has 0 saturated carbocycles. The molecule has 2 saturated heterocycles. The van der Waals surface area contributed by atoms with Crippen LogP contribution in [-0.2, 0) is 20.9 Å². The number of thioether (sulfide) groups is 1. The van der Waals surface area contributed by atoms with Gasteiger partial charge in [-0.2, -0.15) is 0 Å². The lowest BCUT2D eigenvalue weighted by molar-refractivity contribution is -0.119. The van der Waals surface area contributed by atoms with E-state index in [0.29, 0.717) is 35.4 Å². The number of carbonyl (C=O) groups is 2. The number of nitrogens with one attached hydrogen (secondary N) is 3. The van der Waals surface area contributed by atoms with Crippen molar-refractivity contribution in [3.63, 3.8) is 0 Å². The van der Waals surface area contributed by atoms with Crippen molar-refractivity contribution in [2.24, 2.45) is 0 Å². The number of morpholine rings is 1. The van der Waals surface area contributed by atoms with Gasteiger partial charge in [-0.25, -0.2) is 9.78 Å². The van der Waals surface area contributed by atoms with Gasteiger partial charge >= 0.3 is 6.09 Å². The summed E-state index contributed by atoms with van der Waals surface area (Å²) in [5.74, 6) is 0.153. The number of benzene rings is 1. The number of ether oxygens (including phenoxy) is 1. The summed E-state index contributed by atoms with van der Waals surface area (Å²) >= 11 is 14.8. The highest BCUT2D eigenvalue weighted by atomic mass is 35.5. The summed E-state index contributed by atoms with van der Waals surface area (Å²) < 4.78 is 6.53. The summed E-state index contributed by atoms with van der Waals surface area (Å²) in [6, 6.07) is 5.64. The van der Waals surface area contributed by atoms with E-state index >= 15 is 0 Å². The Labute approximate surface area is 203 Å². The first-order chi connectivity index (χ1) is 15.5. The third kappa shape index (κ3) is 6.47. The topological polar surface area (TPSA) is 105 Å². The molecule has 32 heavy (non-hydrogen) atoms. The summed E-state index contributed by atoms with van der Waals surface area (Å²) in [7, 11) is 0. The molecule has 0 spiro atoms. The molecule has 0 radical (unpaired) electrons. The minimum absolute atomic E-state index is 0.0796. The summed E-state index contributed by atoms with van der Waals surface area (Å²) in [5.41, 5.74) is 4.27. The molecule has 2 aromatic rings. The Balaban J connectivity index is 1.18. The molecule has 3 heterocycles. The maximum absolute atomic E-state index is 12.3. The quantitative estimate of drug-likeness (QED) is 0.459. The third-order valence-corrected chi connectivity index (χ3v) is 7.57. The highest BCUT2D eigenvalue weighted by molar-refractivity contribution is 8.01. The Morgan fingerprint density at radius 2 is 2.25 bits per heavy atom. The van der Waals surface area contributed by atoms with Crippen LogP contribution in [0.4, 0.5) is 4.79 Å². The maximum atomic E-state index is 12.3. The number of hydrogen-bond donors (Lipinski definition) is 3. The Kier molecular flexibility index (Phi) is 8.11. The van der Waals surface area contributed by atoms with Gasteiger partial charge in [-0.15, -0.1) is 16.8 Å². The average molecular weight is 518 g/mol. The van der Waals surface area contributed by atoms with Crippen LogP contribution in [0.2, 0.25) is 10.0 Å². The van der Waals surface area contributed by atoms with E-state index in [-0.39, 0.29) is 17.8 Å². The molecule has 2 atom stereocenters. The largest absolute Gasteiger partial charge is 0.427 e. The van der Waals surface area contributed by atoms with Crippen LogP contribution in [0.15, 0.2) is 27.9 Å². The fourth-order valence-electron chi connectivity index (χ4n) is 3.24. The number of amides is 2. The van der Waals surface area contributed by atoms with Crippen LogP contribution in [0, 0.1) is 0 Å². The predicted molar refractivity (Wildman–Crippen MR) is 123 cm³/mol. The highest BCUT2D eigenvalue weighted by Crippen LogP contribution is 2.26. The van der Waals surface area contributed by atoms with Crippen molar-refractivity contribution in [2.75, 3.05) is 32.0 Å². The lowest BCUT2D eigenvalue weighted by Crippen LogP contribution is -2.47. The van der Waals surface area contributed by atoms with E-state index in [9.17, 15) is 9.59 Å². The van der Waals surface area contributed by atoms with E-state index in [1.165, 1.54) is 23.1 Å². The normalized spacial score (nSPS) is 21.2. The second kappa shape index (κ2) is 11.0. The molecule has 1 unspecified atom stereocenters. The third-order valence-electron chi connectivity index (χ3n) is 4.80. The van der Waals surface area contributed by atoms with Gasteiger partial charge in [0, 0.05) is 31.6 Å². The number of hydroxylamine groups is 1. The zero-order valence-electron chi connectivity index (χ0n) is 16.8. The van der Waals surface area contributed by atoms with Gasteiger partial charge in [-0.1, -0.05) is 41.0 Å². The Hall–Kier alpha value is -1.60. The van der Waals surface area contributed by atoms with Gasteiger partial charge in [0.1, 0.15) is 0 Å². The van der Waals surface area contributed by atoms with Crippen molar-refractivity contribution in [2.45, 2.75) is 23.2 Å². The molecule has 3 N–H and O–H groups in total. The molecule has 2 aliphatic rings. The second-order valence-electron chi connectivity index (χ2n) is 7.19. The number of hydrogen-bond acceptors (Lipinski definition) is 9. The highest BCUT2D eigenvalue weighted by Gasteiger charge is 2.26. The van der Waals surface area contributed by atoms with E-state index in [2.05, 4.69) is 30.8 Å². The number of carbonyl (C=O) groups excluding carboxylic acids is 2. The smallest absolute Gasteiger partial charge is 0.374 e. The number of halogens is 2. The van der Waals surface area contributed by atoms with Gasteiger partial charge in [-0.05, 0) is 17.7 Å². The molecular weight excluding hydrogens is 497 g/mol. The molecule has 1 aromatic heterocycles. The predicted octanol–water partition coefficient (Wildman–Crippen LogP) is 2.80. The molecule has 2 amide bonds. The summed E-state index contributed by atoms with van der Waals surface area (Å²) in [6.07, 6.45) is -1.10. The van der Waals surface area contributed by atoms with Crippen LogP contribution in [0.3, 0.4) is 0 Å². The number of aromatic nitrogens is 1. The van der Waals surface area contributed by atoms with E-state index in [1.807, 2.05) is 17.5 Å². The van der Waals surface area contributed by atoms with Crippen molar-refractivity contribution in [1.29, 1.82) is 0 Å². The number of nitrogens with zero attached hydrogens (tertiary/aromatic N) is 2. The first-order valence-electron chi connectivity index (χ1n) is 9.82. The van der Waals surface area contributed by atoms with Crippen LogP contribution in [0.1, 0.15) is 17.4 Å². The monoisotopic (exact) mass is 517 g/mol. The molecule has 172 valence electrons. The fraction of sp³-hybridized carbons (Fsp3) is 0.421. The second-order valence-corrected chi connectivity index (χ2v) is 10.1. The summed E-state index contributed by atoms with van der Waals surface area (Å²) in [5, 5.41) is 8.41. The summed E-state index contributed by atoms with van der Waals surface area (Å²) in [6.45, 7) is 3.32. The van der Waals surface area contributed by atoms with Gasteiger partial charge < -0.3 is 14.9 Å². The van der Waals surface area contributed by atoms with Crippen LogP contribution >= 0.6 is 46.3 Å². The van der Waals surface area contributed by atoms with E-state index in [0.717, 1.165) is 23.0 Å². The minimum atomic E-state index is -0.544.